The zero-order valence-corrected chi connectivity index (χ0v) is 6.20. The molecule has 0 N–H and O–H groups in total. The van der Waals surface area contributed by atoms with Crippen molar-refractivity contribution in [2.75, 3.05) is 7.11 Å². The third-order valence-electron chi connectivity index (χ3n) is 1.33. The largest absolute Gasteiger partial charge is 0.616 e. The van der Waals surface area contributed by atoms with E-state index in [9.17, 15) is 5.11 Å². The van der Waals surface area contributed by atoms with E-state index >= 15 is 0 Å². The summed E-state index contributed by atoms with van der Waals surface area (Å²) in [7, 11) is 1.35. The van der Waals surface area contributed by atoms with Crippen molar-refractivity contribution in [2.45, 2.75) is 0 Å². The van der Waals surface area contributed by atoms with Gasteiger partial charge in [-0.1, -0.05) is 0 Å². The number of methoxy groups -OCH3 is 1. The van der Waals surface area contributed by atoms with E-state index in [1.165, 1.54) is 7.11 Å². The van der Waals surface area contributed by atoms with Gasteiger partial charge in [0.2, 0.25) is 0 Å². The summed E-state index contributed by atoms with van der Waals surface area (Å²) < 4.78 is 4.50. The first-order chi connectivity index (χ1) is 5.24. The van der Waals surface area contributed by atoms with E-state index in [1.807, 2.05) is 0 Å². The fourth-order valence-corrected chi connectivity index (χ4v) is 0.737. The Morgan fingerprint density at radius 1 is 1.36 bits per heavy atom. The Kier molecular flexibility index (Phi) is 2.09. The second kappa shape index (κ2) is 3.04. The number of rotatable bonds is 1. The standard InChI is InChI=1S/C9H8O2/c1-7-3-5-8(6-4-7)9(10)11-2/h1,3-6H,2H3. The molecule has 0 bridgehead atoms. The van der Waals surface area contributed by atoms with E-state index in [1.54, 1.807) is 24.3 Å². The van der Waals surface area contributed by atoms with Crippen LogP contribution in [-0.2, 0) is 4.74 Å². The van der Waals surface area contributed by atoms with Gasteiger partial charge >= 0.3 is 0 Å². The van der Waals surface area contributed by atoms with Crippen LogP contribution in [0.15, 0.2) is 24.3 Å². The highest BCUT2D eigenvalue weighted by molar-refractivity contribution is 5.25. The maximum absolute atomic E-state index is 10.9. The summed E-state index contributed by atoms with van der Waals surface area (Å²) in [5.74, 6) is -0.343. The van der Waals surface area contributed by atoms with Crippen molar-refractivity contribution >= 4 is 12.5 Å². The van der Waals surface area contributed by atoms with Crippen LogP contribution in [0.25, 0.3) is 12.5 Å². The van der Waals surface area contributed by atoms with Crippen LogP contribution < -0.4 is 15.5 Å². The second-order valence-electron chi connectivity index (χ2n) is 2.11. The van der Waals surface area contributed by atoms with E-state index in [-0.39, 0.29) is 5.95 Å². The Bertz CT molecular complexity index is 318. The lowest BCUT2D eigenvalue weighted by Crippen LogP contribution is -2.18. The van der Waals surface area contributed by atoms with Gasteiger partial charge in [0.05, 0.1) is 18.1 Å². The molecule has 0 aromatic heterocycles. The third kappa shape index (κ3) is 1.69. The van der Waals surface area contributed by atoms with Crippen molar-refractivity contribution in [3.63, 3.8) is 0 Å². The third-order valence-corrected chi connectivity index (χ3v) is 1.33. The molecule has 1 aromatic rings. The fraction of sp³-hybridized carbons (Fsp3) is 0.111. The van der Waals surface area contributed by atoms with Gasteiger partial charge in [0.15, 0.2) is 5.22 Å². The monoisotopic (exact) mass is 148 g/mol. The maximum Gasteiger partial charge on any atom is 0.180 e. The van der Waals surface area contributed by atoms with Crippen molar-refractivity contribution in [1.29, 1.82) is 0 Å². The van der Waals surface area contributed by atoms with Crippen LogP contribution in [0.4, 0.5) is 0 Å². The summed E-state index contributed by atoms with van der Waals surface area (Å²) in [4.78, 5) is 0. The predicted octanol–water partition coefficient (Wildman–Crippen LogP) is -0.954. The average Bonchev–Trinajstić information content (AvgIpc) is 2.05. The van der Waals surface area contributed by atoms with E-state index in [0.29, 0.717) is 10.4 Å². The number of ether oxygens (including phenoxy) is 1. The minimum absolute atomic E-state index is 0.343. The highest BCUT2D eigenvalue weighted by atomic mass is 16.6. The van der Waals surface area contributed by atoms with Gasteiger partial charge in [-0.2, -0.15) is 0 Å². The van der Waals surface area contributed by atoms with Gasteiger partial charge in [-0.05, 0) is 7.11 Å². The van der Waals surface area contributed by atoms with Crippen LogP contribution in [0.3, 0.4) is 0 Å². The van der Waals surface area contributed by atoms with Gasteiger partial charge in [0, 0.05) is 23.9 Å². The molecular formula is C9H8O2. The number of hydrogen-bond donors (Lipinski definition) is 0. The molecule has 0 amide bonds. The van der Waals surface area contributed by atoms with Gasteiger partial charge in [-0.15, -0.1) is 0 Å². The smallest absolute Gasteiger partial charge is 0.180 e. The van der Waals surface area contributed by atoms with Crippen LogP contribution >= 0.6 is 0 Å². The topological polar surface area (TPSA) is 32.3 Å². The first kappa shape index (κ1) is 7.58. The van der Waals surface area contributed by atoms with Crippen molar-refractivity contribution in [3.8, 4) is 0 Å². The van der Waals surface area contributed by atoms with Gasteiger partial charge in [-0.3, -0.25) is 0 Å². The molecule has 11 heavy (non-hydrogen) atoms. The predicted molar refractivity (Wildman–Crippen MR) is 40.6 cm³/mol. The summed E-state index contributed by atoms with van der Waals surface area (Å²) >= 11 is 0. The molecule has 0 heterocycles. The van der Waals surface area contributed by atoms with E-state index in [4.69, 9.17) is 6.58 Å². The molecule has 0 aliphatic heterocycles. The van der Waals surface area contributed by atoms with E-state index < -0.39 is 0 Å². The Labute approximate surface area is 65.1 Å². The molecule has 1 aromatic carbocycles. The van der Waals surface area contributed by atoms with Crippen LogP contribution in [0, 0.1) is 0 Å². The molecule has 0 unspecified atom stereocenters. The van der Waals surface area contributed by atoms with Crippen molar-refractivity contribution in [3.05, 3.63) is 34.7 Å². The Balaban J connectivity index is 3.27. The summed E-state index contributed by atoms with van der Waals surface area (Å²) in [6.07, 6.45) is 0. The maximum atomic E-state index is 10.9. The fourth-order valence-electron chi connectivity index (χ4n) is 0.737. The summed E-state index contributed by atoms with van der Waals surface area (Å²) in [5.41, 5.74) is 0. The molecule has 0 saturated heterocycles. The van der Waals surface area contributed by atoms with Gasteiger partial charge in [0.25, 0.3) is 0 Å². The van der Waals surface area contributed by atoms with Gasteiger partial charge in [-0.25, -0.2) is 0 Å². The summed E-state index contributed by atoms with van der Waals surface area (Å²) in [5, 5.41) is 12.0. The zero-order valence-electron chi connectivity index (χ0n) is 6.20. The molecule has 2 nitrogen and oxygen atoms in total. The Morgan fingerprint density at radius 3 is 2.36 bits per heavy atom. The molecular weight excluding hydrogens is 140 g/mol. The number of hydrogen-bond acceptors (Lipinski definition) is 2. The van der Waals surface area contributed by atoms with Gasteiger partial charge in [0.1, 0.15) is 0 Å². The van der Waals surface area contributed by atoms with E-state index in [0.717, 1.165) is 0 Å². The first-order valence-electron chi connectivity index (χ1n) is 3.18. The lowest BCUT2D eigenvalue weighted by atomic mass is 10.3. The number of benzene rings is 1. The van der Waals surface area contributed by atoms with Crippen LogP contribution in [0.2, 0.25) is 0 Å². The van der Waals surface area contributed by atoms with Crippen LogP contribution in [0.1, 0.15) is 0 Å². The summed E-state index contributed by atoms with van der Waals surface area (Å²) in [6.45, 7) is 5.42. The Hall–Kier alpha value is -1.53. The molecule has 0 atom stereocenters. The molecule has 0 aliphatic rings. The highest BCUT2D eigenvalue weighted by Crippen LogP contribution is 1.78. The lowest BCUT2D eigenvalue weighted by molar-refractivity contribution is -0.288. The SMILES string of the molecule is [CH+]=c1ccc(=C([O-])OC)cc1. The normalized spacial score (nSPS) is 9.09. The Morgan fingerprint density at radius 2 is 1.91 bits per heavy atom. The molecule has 1 rings (SSSR count). The quantitative estimate of drug-likeness (QED) is 0.481. The highest BCUT2D eigenvalue weighted by Gasteiger charge is 1.86. The molecule has 0 saturated carbocycles. The minimum Gasteiger partial charge on any atom is -0.616 e. The minimum atomic E-state index is -0.343. The molecule has 2 heteroatoms. The van der Waals surface area contributed by atoms with Crippen molar-refractivity contribution in [1.82, 2.24) is 0 Å². The zero-order chi connectivity index (χ0) is 8.27. The first-order valence-corrected chi connectivity index (χ1v) is 3.18. The average molecular weight is 148 g/mol. The second-order valence-corrected chi connectivity index (χ2v) is 2.11. The van der Waals surface area contributed by atoms with Crippen LogP contribution in [0.5, 0.6) is 0 Å². The van der Waals surface area contributed by atoms with Crippen molar-refractivity contribution < 1.29 is 9.84 Å². The lowest BCUT2D eigenvalue weighted by Gasteiger charge is -2.06. The molecule has 0 aliphatic carbocycles. The van der Waals surface area contributed by atoms with Crippen molar-refractivity contribution in [2.24, 2.45) is 0 Å². The van der Waals surface area contributed by atoms with Gasteiger partial charge < -0.3 is 9.84 Å². The summed E-state index contributed by atoms with van der Waals surface area (Å²) in [6, 6.07) is 6.57. The molecule has 0 fully saturated rings. The molecule has 0 spiro atoms. The molecule has 56 valence electrons. The van der Waals surface area contributed by atoms with Crippen LogP contribution in [-0.4, -0.2) is 7.11 Å². The van der Waals surface area contributed by atoms with E-state index in [2.05, 4.69) is 4.74 Å². The molecule has 0 radical (unpaired) electrons.